The molecule has 0 radical (unpaired) electrons. The van der Waals surface area contributed by atoms with Crippen molar-refractivity contribution in [2.45, 2.75) is 367 Å². The Morgan fingerprint density at radius 3 is 0.768 bits per heavy atom. The van der Waals surface area contributed by atoms with Crippen LogP contribution in [0.3, 0.4) is 0 Å². The Kier molecular flexibility index (Phi) is 67.2. The van der Waals surface area contributed by atoms with E-state index in [0.29, 0.717) is 19.3 Å². The second kappa shape index (κ2) is 70.1. The highest BCUT2D eigenvalue weighted by atomic mass is 16.6. The summed E-state index contributed by atoms with van der Waals surface area (Å²) < 4.78 is 16.9. The first kappa shape index (κ1) is 78.6. The molecule has 0 aromatic heterocycles. The van der Waals surface area contributed by atoms with Gasteiger partial charge in [-0.3, -0.25) is 14.4 Å². The molecule has 1 atom stereocenters. The fourth-order valence-electron chi connectivity index (χ4n) is 10.3. The van der Waals surface area contributed by atoms with Gasteiger partial charge in [0.1, 0.15) is 13.2 Å². The van der Waals surface area contributed by atoms with Crippen molar-refractivity contribution in [1.82, 2.24) is 0 Å². The van der Waals surface area contributed by atoms with E-state index in [-0.39, 0.29) is 31.1 Å². The van der Waals surface area contributed by atoms with E-state index in [9.17, 15) is 14.4 Å². The molecule has 82 heavy (non-hydrogen) atoms. The van der Waals surface area contributed by atoms with E-state index in [1.165, 1.54) is 212 Å². The number of hydrogen-bond donors (Lipinski definition) is 0. The van der Waals surface area contributed by atoms with Crippen LogP contribution < -0.4 is 0 Å². The van der Waals surface area contributed by atoms with Crippen molar-refractivity contribution in [3.05, 3.63) is 85.1 Å². The number of ether oxygens (including phenoxy) is 3. The van der Waals surface area contributed by atoms with Gasteiger partial charge in [-0.25, -0.2) is 0 Å². The Labute approximate surface area is 509 Å². The molecule has 0 rings (SSSR count). The van der Waals surface area contributed by atoms with Crippen LogP contribution in [0.4, 0.5) is 0 Å². The number of esters is 3. The van der Waals surface area contributed by atoms with Gasteiger partial charge in [0, 0.05) is 19.3 Å². The van der Waals surface area contributed by atoms with Crippen LogP contribution in [0.5, 0.6) is 0 Å². The van der Waals surface area contributed by atoms with E-state index in [2.05, 4.69) is 106 Å². The Morgan fingerprint density at radius 2 is 0.476 bits per heavy atom. The van der Waals surface area contributed by atoms with E-state index in [4.69, 9.17) is 14.2 Å². The first-order valence-electron chi connectivity index (χ1n) is 35.6. The van der Waals surface area contributed by atoms with Crippen molar-refractivity contribution in [3.8, 4) is 0 Å². The Morgan fingerprint density at radius 1 is 0.256 bits per heavy atom. The molecule has 1 unspecified atom stereocenters. The topological polar surface area (TPSA) is 78.9 Å². The van der Waals surface area contributed by atoms with Crippen molar-refractivity contribution < 1.29 is 28.6 Å². The summed E-state index contributed by atoms with van der Waals surface area (Å²) >= 11 is 0. The summed E-state index contributed by atoms with van der Waals surface area (Å²) in [6.45, 7) is 6.52. The van der Waals surface area contributed by atoms with E-state index in [1.807, 2.05) is 0 Å². The van der Waals surface area contributed by atoms with Crippen LogP contribution in [0.25, 0.3) is 0 Å². The van der Waals surface area contributed by atoms with Crippen LogP contribution in [-0.4, -0.2) is 37.2 Å². The van der Waals surface area contributed by atoms with Gasteiger partial charge >= 0.3 is 17.9 Å². The molecule has 0 saturated carbocycles. The average Bonchev–Trinajstić information content (AvgIpc) is 3.47. The summed E-state index contributed by atoms with van der Waals surface area (Å²) in [6, 6.07) is 0. The normalized spacial score (nSPS) is 12.6. The molecule has 0 saturated heterocycles. The van der Waals surface area contributed by atoms with Crippen molar-refractivity contribution in [1.29, 1.82) is 0 Å². The standard InChI is InChI=1S/C76H134O6/c1-4-7-10-13-16-19-22-25-28-30-32-34-35-36-37-38-39-40-42-43-45-48-51-54-57-60-63-66-69-75(78)81-72-73(71-80-74(77)68-65-62-59-56-53-50-47-27-24-21-18-15-12-9-6-3)82-76(79)70-67-64-61-58-55-52-49-46-44-41-33-31-29-26-23-20-17-14-11-8-5-2/h9,12,18,21,23,26-27,31,33,44,46-47,53,56,73H,4-8,10-11,13-17,19-20,22,24-25,28-30,32,34-43,45,48-52,54-55,57-72H2,1-3H3/b12-9-,21-18-,26-23-,33-31-,46-44-,47-27-,56-53-. The first-order chi connectivity index (χ1) is 40.5. The van der Waals surface area contributed by atoms with Gasteiger partial charge in [-0.1, -0.05) is 331 Å². The lowest BCUT2D eigenvalue weighted by molar-refractivity contribution is -0.167. The van der Waals surface area contributed by atoms with Gasteiger partial charge in [-0.15, -0.1) is 0 Å². The van der Waals surface area contributed by atoms with Crippen LogP contribution in [0.15, 0.2) is 85.1 Å². The molecule has 0 N–H and O–H groups in total. The smallest absolute Gasteiger partial charge is 0.306 e. The SMILES string of the molecule is CC/C=C\C/C=C\C/C=C\C/C=C\CCCCC(=O)OCC(COC(=O)CCCCCCCCCCCCCCCCCCCCCCCCCCCCCC)OC(=O)CCCCCCCC/C=C\C/C=C\C/C=C\CCCCCCC. The van der Waals surface area contributed by atoms with Crippen LogP contribution in [0.2, 0.25) is 0 Å². The fraction of sp³-hybridized carbons (Fsp3) is 0.776. The molecule has 0 aromatic rings. The molecular weight excluding hydrogens is 1010 g/mol. The second-order valence-corrected chi connectivity index (χ2v) is 23.8. The molecule has 6 nitrogen and oxygen atoms in total. The Bertz CT molecular complexity index is 1550. The summed E-state index contributed by atoms with van der Waals surface area (Å²) in [6.07, 6.45) is 93.4. The molecular formula is C76H134O6. The molecule has 0 heterocycles. The third-order valence-electron chi connectivity index (χ3n) is 15.6. The van der Waals surface area contributed by atoms with Gasteiger partial charge in [-0.2, -0.15) is 0 Å². The minimum Gasteiger partial charge on any atom is -0.462 e. The highest BCUT2D eigenvalue weighted by molar-refractivity contribution is 5.71. The van der Waals surface area contributed by atoms with Crippen LogP contribution in [0, 0.1) is 0 Å². The minimum absolute atomic E-state index is 0.0927. The molecule has 0 spiro atoms. The summed E-state index contributed by atoms with van der Waals surface area (Å²) in [5.74, 6) is -0.932. The maximum atomic E-state index is 12.9. The van der Waals surface area contributed by atoms with Gasteiger partial charge in [0.25, 0.3) is 0 Å². The molecule has 0 amide bonds. The number of allylic oxidation sites excluding steroid dienone is 14. The number of unbranched alkanes of at least 4 members (excludes halogenated alkanes) is 40. The molecule has 6 heteroatoms. The molecule has 0 aliphatic heterocycles. The summed E-state index contributed by atoms with van der Waals surface area (Å²) in [7, 11) is 0. The predicted octanol–water partition coefficient (Wildman–Crippen LogP) is 24.6. The lowest BCUT2D eigenvalue weighted by atomic mass is 10.0. The quantitative estimate of drug-likeness (QED) is 0.0261. The number of carbonyl (C=O) groups excluding carboxylic acids is 3. The van der Waals surface area contributed by atoms with Gasteiger partial charge in [-0.05, 0) is 96.3 Å². The van der Waals surface area contributed by atoms with Gasteiger partial charge < -0.3 is 14.2 Å². The van der Waals surface area contributed by atoms with Gasteiger partial charge in [0.2, 0.25) is 0 Å². The minimum atomic E-state index is -0.802. The monoisotopic (exact) mass is 1140 g/mol. The number of rotatable bonds is 65. The highest BCUT2D eigenvalue weighted by Gasteiger charge is 2.19. The second-order valence-electron chi connectivity index (χ2n) is 23.8. The maximum absolute atomic E-state index is 12.9. The van der Waals surface area contributed by atoms with Crippen LogP contribution in [0.1, 0.15) is 361 Å². The highest BCUT2D eigenvalue weighted by Crippen LogP contribution is 2.18. The van der Waals surface area contributed by atoms with Crippen molar-refractivity contribution in [3.63, 3.8) is 0 Å². The molecule has 0 aromatic carbocycles. The van der Waals surface area contributed by atoms with Crippen LogP contribution >= 0.6 is 0 Å². The number of carbonyl (C=O) groups is 3. The van der Waals surface area contributed by atoms with E-state index >= 15 is 0 Å². The number of hydrogen-bond acceptors (Lipinski definition) is 6. The summed E-state index contributed by atoms with van der Waals surface area (Å²) in [4.78, 5) is 38.4. The predicted molar refractivity (Wildman–Crippen MR) is 358 cm³/mol. The maximum Gasteiger partial charge on any atom is 0.306 e. The van der Waals surface area contributed by atoms with E-state index in [0.717, 1.165) is 109 Å². The zero-order chi connectivity index (χ0) is 59.2. The Hall–Kier alpha value is -3.41. The third kappa shape index (κ3) is 67.4. The average molecular weight is 1140 g/mol. The summed E-state index contributed by atoms with van der Waals surface area (Å²) in [5, 5.41) is 0. The Balaban J connectivity index is 4.31. The first-order valence-corrected chi connectivity index (χ1v) is 35.6. The van der Waals surface area contributed by atoms with Gasteiger partial charge in [0.05, 0.1) is 0 Å². The zero-order valence-electron chi connectivity index (χ0n) is 54.5. The molecule has 0 aliphatic rings. The van der Waals surface area contributed by atoms with Crippen molar-refractivity contribution in [2.75, 3.05) is 13.2 Å². The van der Waals surface area contributed by atoms with Crippen LogP contribution in [-0.2, 0) is 28.6 Å². The molecule has 0 bridgehead atoms. The molecule has 0 fully saturated rings. The van der Waals surface area contributed by atoms with E-state index < -0.39 is 6.10 Å². The largest absolute Gasteiger partial charge is 0.462 e. The molecule has 474 valence electrons. The van der Waals surface area contributed by atoms with E-state index in [1.54, 1.807) is 0 Å². The van der Waals surface area contributed by atoms with Gasteiger partial charge in [0.15, 0.2) is 6.10 Å². The molecule has 0 aliphatic carbocycles. The van der Waals surface area contributed by atoms with Crippen molar-refractivity contribution in [2.24, 2.45) is 0 Å². The lowest BCUT2D eigenvalue weighted by Gasteiger charge is -2.18. The van der Waals surface area contributed by atoms with Crippen molar-refractivity contribution >= 4 is 17.9 Å². The third-order valence-corrected chi connectivity index (χ3v) is 15.6. The lowest BCUT2D eigenvalue weighted by Crippen LogP contribution is -2.30. The summed E-state index contributed by atoms with van der Waals surface area (Å²) in [5.41, 5.74) is 0. The zero-order valence-corrected chi connectivity index (χ0v) is 54.5. The fourth-order valence-corrected chi connectivity index (χ4v) is 10.3.